The largest absolute Gasteiger partial charge is 0.488 e. The molecule has 2 heterocycles. The van der Waals surface area contributed by atoms with E-state index in [-0.39, 0.29) is 30.2 Å². The Morgan fingerprint density at radius 1 is 1.24 bits per heavy atom. The molecule has 0 spiro atoms. The average molecular weight is 461 g/mol. The van der Waals surface area contributed by atoms with Crippen molar-refractivity contribution in [3.05, 3.63) is 77.2 Å². The lowest BCUT2D eigenvalue weighted by Crippen LogP contribution is -2.43. The van der Waals surface area contributed by atoms with Crippen LogP contribution in [-0.2, 0) is 6.18 Å². The van der Waals surface area contributed by atoms with Crippen molar-refractivity contribution in [2.24, 2.45) is 0 Å². The lowest BCUT2D eigenvalue weighted by molar-refractivity contribution is -0.139. The first-order valence-corrected chi connectivity index (χ1v) is 9.95. The van der Waals surface area contributed by atoms with Crippen LogP contribution >= 0.6 is 0 Å². The molecule has 0 bridgehead atoms. The molecule has 1 atom stereocenters. The first-order valence-electron chi connectivity index (χ1n) is 9.95. The van der Waals surface area contributed by atoms with Crippen LogP contribution in [0.2, 0.25) is 0 Å². The smallest absolute Gasteiger partial charge is 0.419 e. The number of aromatic nitrogens is 1. The summed E-state index contributed by atoms with van der Waals surface area (Å²) in [4.78, 5) is 19.1. The van der Waals surface area contributed by atoms with Crippen molar-refractivity contribution in [2.75, 3.05) is 23.4 Å². The number of hydrogen-bond acceptors (Lipinski definition) is 5. The molecular weight excluding hydrogens is 442 g/mol. The van der Waals surface area contributed by atoms with Gasteiger partial charge in [0, 0.05) is 11.9 Å². The maximum Gasteiger partial charge on any atom is 0.419 e. The van der Waals surface area contributed by atoms with Crippen LogP contribution in [0.25, 0.3) is 0 Å². The summed E-state index contributed by atoms with van der Waals surface area (Å²) in [6, 6.07) is 10.1. The van der Waals surface area contributed by atoms with Gasteiger partial charge in [-0.05, 0) is 48.9 Å². The number of rotatable bonds is 4. The molecular formula is C23H19F4N3O3. The highest BCUT2D eigenvalue weighted by molar-refractivity contribution is 6.07. The first kappa shape index (κ1) is 22.5. The highest BCUT2D eigenvalue weighted by Gasteiger charge is 2.34. The zero-order valence-corrected chi connectivity index (χ0v) is 17.4. The number of pyridine rings is 1. The molecule has 172 valence electrons. The quantitative estimate of drug-likeness (QED) is 0.552. The minimum atomic E-state index is -4.84. The van der Waals surface area contributed by atoms with Gasteiger partial charge in [-0.25, -0.2) is 9.37 Å². The van der Waals surface area contributed by atoms with E-state index in [1.165, 1.54) is 6.07 Å². The zero-order valence-electron chi connectivity index (χ0n) is 17.4. The number of amides is 1. The Labute approximate surface area is 186 Å². The molecule has 3 aromatic rings. The van der Waals surface area contributed by atoms with E-state index in [1.807, 2.05) is 13.0 Å². The van der Waals surface area contributed by atoms with Crippen LogP contribution in [0.3, 0.4) is 0 Å². The van der Waals surface area contributed by atoms with Crippen LogP contribution in [0, 0.1) is 12.7 Å². The molecule has 0 aliphatic carbocycles. The Morgan fingerprint density at radius 2 is 2.03 bits per heavy atom. The number of aliphatic hydroxyl groups excluding tert-OH is 1. The third-order valence-corrected chi connectivity index (χ3v) is 5.17. The molecule has 1 aliphatic heterocycles. The third kappa shape index (κ3) is 4.47. The van der Waals surface area contributed by atoms with Gasteiger partial charge in [-0.1, -0.05) is 12.1 Å². The summed E-state index contributed by atoms with van der Waals surface area (Å²) in [5, 5.41) is 12.2. The number of benzene rings is 2. The van der Waals surface area contributed by atoms with Gasteiger partial charge in [0.05, 0.1) is 29.5 Å². The molecule has 0 saturated carbocycles. The molecule has 33 heavy (non-hydrogen) atoms. The molecule has 4 rings (SSSR count). The standard InChI is InChI=1S/C23H19F4N3O3/c1-13-5-8-20(28-10-13)30-15(11-31)12-33-21-16(3-2-4-19(21)30)22(32)29-14-6-7-17(18(24)9-14)23(25,26)27/h2-10,15,31H,11-12H2,1H3,(H,29,32). The normalized spacial score (nSPS) is 15.6. The number of ether oxygens (including phenoxy) is 1. The molecule has 0 radical (unpaired) electrons. The minimum absolute atomic E-state index is 0.0677. The van der Waals surface area contributed by atoms with E-state index in [1.54, 1.807) is 29.3 Å². The van der Waals surface area contributed by atoms with Crippen molar-refractivity contribution in [3.8, 4) is 5.75 Å². The lowest BCUT2D eigenvalue weighted by atomic mass is 10.1. The second-order valence-corrected chi connectivity index (χ2v) is 7.51. The van der Waals surface area contributed by atoms with Crippen LogP contribution in [-0.4, -0.2) is 35.3 Å². The van der Waals surface area contributed by atoms with Crippen LogP contribution in [0.5, 0.6) is 5.75 Å². The summed E-state index contributed by atoms with van der Waals surface area (Å²) in [7, 11) is 0. The van der Waals surface area contributed by atoms with E-state index < -0.39 is 29.5 Å². The van der Waals surface area contributed by atoms with Crippen LogP contribution in [0.15, 0.2) is 54.7 Å². The van der Waals surface area contributed by atoms with E-state index in [4.69, 9.17) is 4.74 Å². The van der Waals surface area contributed by atoms with E-state index in [9.17, 15) is 27.5 Å². The Kier molecular flexibility index (Phi) is 5.94. The second-order valence-electron chi connectivity index (χ2n) is 7.51. The SMILES string of the molecule is Cc1ccc(N2c3cccc(C(=O)Nc4ccc(C(F)(F)F)c(F)c4)c3OCC2CO)nc1. The molecule has 1 amide bonds. The van der Waals surface area contributed by atoms with Gasteiger partial charge in [-0.3, -0.25) is 4.79 Å². The van der Waals surface area contributed by atoms with Gasteiger partial charge in [-0.15, -0.1) is 0 Å². The average Bonchev–Trinajstić information content (AvgIpc) is 2.77. The summed E-state index contributed by atoms with van der Waals surface area (Å²) in [5.74, 6) is -1.42. The summed E-state index contributed by atoms with van der Waals surface area (Å²) in [6.07, 6.45) is -3.16. The summed E-state index contributed by atoms with van der Waals surface area (Å²) >= 11 is 0. The van der Waals surface area contributed by atoms with E-state index in [0.29, 0.717) is 23.6 Å². The number of hydrogen-bond donors (Lipinski definition) is 2. The lowest BCUT2D eigenvalue weighted by Gasteiger charge is -2.37. The minimum Gasteiger partial charge on any atom is -0.488 e. The Morgan fingerprint density at radius 3 is 2.67 bits per heavy atom. The Balaban J connectivity index is 1.67. The number of fused-ring (bicyclic) bond motifs is 1. The van der Waals surface area contributed by atoms with E-state index >= 15 is 0 Å². The number of alkyl halides is 3. The van der Waals surface area contributed by atoms with Crippen LogP contribution < -0.4 is 15.0 Å². The number of aryl methyl sites for hydroxylation is 1. The maximum absolute atomic E-state index is 13.9. The topological polar surface area (TPSA) is 74.7 Å². The van der Waals surface area contributed by atoms with Gasteiger partial charge in [0.2, 0.25) is 0 Å². The predicted molar refractivity (Wildman–Crippen MR) is 113 cm³/mol. The summed E-state index contributed by atoms with van der Waals surface area (Å²) in [5.41, 5.74) is -0.0182. The Bertz CT molecular complexity index is 1180. The number of para-hydroxylation sites is 1. The highest BCUT2D eigenvalue weighted by Crippen LogP contribution is 2.41. The second kappa shape index (κ2) is 8.70. The number of carbonyl (C=O) groups excluding carboxylic acids is 1. The van der Waals surface area contributed by atoms with Crippen molar-refractivity contribution < 1.29 is 32.2 Å². The molecule has 1 unspecified atom stereocenters. The molecule has 2 aromatic carbocycles. The summed E-state index contributed by atoms with van der Waals surface area (Å²) in [6.45, 7) is 1.73. The zero-order chi connectivity index (χ0) is 23.8. The number of nitrogens with one attached hydrogen (secondary N) is 1. The van der Waals surface area contributed by atoms with Crippen LogP contribution in [0.1, 0.15) is 21.5 Å². The number of halogens is 4. The van der Waals surface area contributed by atoms with Gasteiger partial charge in [0.25, 0.3) is 5.91 Å². The maximum atomic E-state index is 13.9. The fourth-order valence-corrected chi connectivity index (χ4v) is 3.56. The number of nitrogens with zero attached hydrogens (tertiary/aromatic N) is 2. The van der Waals surface area contributed by atoms with Gasteiger partial charge in [-0.2, -0.15) is 13.2 Å². The van der Waals surface area contributed by atoms with Crippen molar-refractivity contribution >= 4 is 23.1 Å². The van der Waals surface area contributed by atoms with Crippen molar-refractivity contribution in [1.82, 2.24) is 4.98 Å². The van der Waals surface area contributed by atoms with E-state index in [0.717, 1.165) is 11.6 Å². The van der Waals surface area contributed by atoms with Crippen molar-refractivity contribution in [2.45, 2.75) is 19.1 Å². The molecule has 6 nitrogen and oxygen atoms in total. The molecule has 0 saturated heterocycles. The molecule has 1 aromatic heterocycles. The van der Waals surface area contributed by atoms with Gasteiger partial charge >= 0.3 is 6.18 Å². The number of anilines is 3. The number of aliphatic hydroxyl groups is 1. The third-order valence-electron chi connectivity index (χ3n) is 5.17. The fraction of sp³-hybridized carbons (Fsp3) is 0.217. The van der Waals surface area contributed by atoms with Crippen molar-refractivity contribution in [3.63, 3.8) is 0 Å². The summed E-state index contributed by atoms with van der Waals surface area (Å²) < 4.78 is 58.0. The molecule has 2 N–H and O–H groups in total. The number of carbonyl (C=O) groups is 1. The Hall–Kier alpha value is -3.66. The fourth-order valence-electron chi connectivity index (χ4n) is 3.56. The first-order chi connectivity index (χ1) is 15.7. The highest BCUT2D eigenvalue weighted by atomic mass is 19.4. The van der Waals surface area contributed by atoms with Crippen molar-refractivity contribution in [1.29, 1.82) is 0 Å². The molecule has 10 heteroatoms. The molecule has 0 fully saturated rings. The van der Waals surface area contributed by atoms with Gasteiger partial charge in [0.15, 0.2) is 5.75 Å². The predicted octanol–water partition coefficient (Wildman–Crippen LogP) is 4.69. The van der Waals surface area contributed by atoms with Gasteiger partial charge < -0.3 is 20.1 Å². The molecule has 1 aliphatic rings. The van der Waals surface area contributed by atoms with E-state index in [2.05, 4.69) is 10.3 Å². The monoisotopic (exact) mass is 461 g/mol. The van der Waals surface area contributed by atoms with Gasteiger partial charge in [0.1, 0.15) is 18.2 Å². The van der Waals surface area contributed by atoms with Crippen LogP contribution in [0.4, 0.5) is 34.8 Å².